The van der Waals surface area contributed by atoms with E-state index in [4.69, 9.17) is 0 Å². The van der Waals surface area contributed by atoms with Crippen LogP contribution in [0.1, 0.15) is 33.6 Å². The van der Waals surface area contributed by atoms with Crippen LogP contribution >= 0.6 is 19.8 Å². The molecule has 0 saturated heterocycles. The molecule has 0 aliphatic rings. The molecule has 0 aromatic carbocycles. The van der Waals surface area contributed by atoms with Crippen molar-refractivity contribution in [3.05, 3.63) is 0 Å². The van der Waals surface area contributed by atoms with Crippen molar-refractivity contribution < 1.29 is 23.4 Å². The molecule has 7 nitrogen and oxygen atoms in total. The lowest BCUT2D eigenvalue weighted by Crippen LogP contribution is -2.35. The minimum atomic E-state index is -4.23. The van der Waals surface area contributed by atoms with Crippen LogP contribution in [0.2, 0.25) is 0 Å². The summed E-state index contributed by atoms with van der Waals surface area (Å²) in [6.45, 7) is 6.52. The topological polar surface area (TPSA) is 88.1 Å². The predicted octanol–water partition coefficient (Wildman–Crippen LogP) is 1.94. The smallest absolute Gasteiger partial charge is 0.341 e. The molecule has 0 aromatic rings. The Morgan fingerprint density at radius 1 is 1.32 bits per heavy atom. The van der Waals surface area contributed by atoms with Gasteiger partial charge in [0.25, 0.3) is 0 Å². The zero-order valence-corrected chi connectivity index (χ0v) is 13.3. The molecule has 1 unspecified atom stereocenters. The predicted molar refractivity (Wildman–Crippen MR) is 75.3 cm³/mol. The fourth-order valence-corrected chi connectivity index (χ4v) is 2.32. The van der Waals surface area contributed by atoms with Gasteiger partial charge in [-0.25, -0.2) is 4.57 Å². The molecule has 0 fully saturated rings. The second-order valence-electron chi connectivity index (χ2n) is 3.73. The van der Waals surface area contributed by atoms with Crippen molar-refractivity contribution in [2.45, 2.75) is 33.6 Å². The van der Waals surface area contributed by atoms with Crippen LogP contribution in [0.4, 0.5) is 0 Å². The molecule has 9 heteroatoms. The highest BCUT2D eigenvalue weighted by atomic mass is 32.2. The van der Waals surface area contributed by atoms with E-state index in [1.54, 1.807) is 4.90 Å². The minimum Gasteiger partial charge on any atom is -0.341 e. The standard InChI is InChI=1S/C10H23N2O5PS/c1-4-7-12(8-5-2)10(13)9-16-18(14,15)17-11-19-6-3/h11H,4-9H2,1-3H3,(H,14,15). The van der Waals surface area contributed by atoms with Gasteiger partial charge in [0, 0.05) is 18.8 Å². The van der Waals surface area contributed by atoms with Crippen LogP contribution in [0.5, 0.6) is 0 Å². The normalized spacial score (nSPS) is 14.1. The monoisotopic (exact) mass is 314 g/mol. The number of hydrogen-bond donors (Lipinski definition) is 2. The van der Waals surface area contributed by atoms with Crippen LogP contribution in [-0.2, 0) is 18.5 Å². The van der Waals surface area contributed by atoms with Crippen molar-refractivity contribution in [3.8, 4) is 0 Å². The molecule has 0 bridgehead atoms. The van der Waals surface area contributed by atoms with Gasteiger partial charge in [-0.05, 0) is 12.8 Å². The summed E-state index contributed by atoms with van der Waals surface area (Å²) in [7, 11) is -4.23. The summed E-state index contributed by atoms with van der Waals surface area (Å²) in [5.41, 5.74) is 0. The van der Waals surface area contributed by atoms with E-state index in [1.807, 2.05) is 20.8 Å². The number of nitrogens with zero attached hydrogens (tertiary/aromatic N) is 1. The highest BCUT2D eigenvalue weighted by Gasteiger charge is 2.24. The number of amides is 1. The Hall–Kier alpha value is -0.110. The van der Waals surface area contributed by atoms with Crippen LogP contribution in [0.3, 0.4) is 0 Å². The maximum Gasteiger partial charge on any atom is 0.490 e. The zero-order chi connectivity index (χ0) is 14.7. The molecule has 0 heterocycles. The van der Waals surface area contributed by atoms with Gasteiger partial charge in [0.15, 0.2) is 0 Å². The van der Waals surface area contributed by atoms with Crippen LogP contribution < -0.4 is 4.89 Å². The third-order valence-corrected chi connectivity index (χ3v) is 3.44. The van der Waals surface area contributed by atoms with Gasteiger partial charge in [0.05, 0.1) is 0 Å². The number of phosphoric acid groups is 1. The summed E-state index contributed by atoms with van der Waals surface area (Å²) in [6.07, 6.45) is 1.65. The summed E-state index contributed by atoms with van der Waals surface area (Å²) < 4.78 is 20.5. The highest BCUT2D eigenvalue weighted by molar-refractivity contribution is 7.97. The zero-order valence-electron chi connectivity index (χ0n) is 11.6. The van der Waals surface area contributed by atoms with E-state index >= 15 is 0 Å². The summed E-state index contributed by atoms with van der Waals surface area (Å²) >= 11 is 1.11. The van der Waals surface area contributed by atoms with E-state index in [2.05, 4.69) is 14.0 Å². The van der Waals surface area contributed by atoms with E-state index in [9.17, 15) is 14.3 Å². The third-order valence-electron chi connectivity index (χ3n) is 2.05. The number of carbonyl (C=O) groups is 1. The molecule has 0 saturated carbocycles. The van der Waals surface area contributed by atoms with Gasteiger partial charge in [-0.3, -0.25) is 9.32 Å². The number of hydrogen-bond acceptors (Lipinski definition) is 6. The van der Waals surface area contributed by atoms with E-state index in [-0.39, 0.29) is 5.91 Å². The fourth-order valence-electron chi connectivity index (χ4n) is 1.29. The molecule has 0 aliphatic heterocycles. The average molecular weight is 314 g/mol. The number of rotatable bonds is 11. The maximum atomic E-state index is 11.8. The van der Waals surface area contributed by atoms with Crippen molar-refractivity contribution >= 4 is 25.7 Å². The summed E-state index contributed by atoms with van der Waals surface area (Å²) in [5, 5.41) is 0. The van der Waals surface area contributed by atoms with Gasteiger partial charge in [-0.15, -0.1) is 4.89 Å². The Bertz CT molecular complexity index is 300. The van der Waals surface area contributed by atoms with Gasteiger partial charge < -0.3 is 9.79 Å². The van der Waals surface area contributed by atoms with Gasteiger partial charge in [0.1, 0.15) is 6.61 Å². The molecule has 0 aliphatic carbocycles. The van der Waals surface area contributed by atoms with Crippen molar-refractivity contribution in [1.82, 2.24) is 9.79 Å². The van der Waals surface area contributed by atoms with E-state index in [0.29, 0.717) is 18.8 Å². The first-order chi connectivity index (χ1) is 8.96. The molecule has 1 amide bonds. The molecule has 1 atom stereocenters. The van der Waals surface area contributed by atoms with Crippen LogP contribution in [0.25, 0.3) is 0 Å². The Labute approximate surface area is 118 Å². The van der Waals surface area contributed by atoms with Crippen molar-refractivity contribution in [2.75, 3.05) is 25.4 Å². The van der Waals surface area contributed by atoms with Crippen molar-refractivity contribution in [2.24, 2.45) is 0 Å². The highest BCUT2D eigenvalue weighted by Crippen LogP contribution is 2.42. The SMILES string of the molecule is CCCN(CCC)C(=O)COP(=O)(O)ONSCC. The summed E-state index contributed by atoms with van der Waals surface area (Å²) in [4.78, 5) is 24.9. The molecule has 2 N–H and O–H groups in total. The molecule has 0 radical (unpaired) electrons. The molecular formula is C10H23N2O5PS. The quantitative estimate of drug-likeness (QED) is 0.261. The van der Waals surface area contributed by atoms with Crippen LogP contribution in [0, 0.1) is 0 Å². The fraction of sp³-hybridized carbons (Fsp3) is 0.900. The molecule has 0 aromatic heterocycles. The average Bonchev–Trinajstić information content (AvgIpc) is 2.36. The van der Waals surface area contributed by atoms with Crippen LogP contribution in [-0.4, -0.2) is 41.1 Å². The second-order valence-corrected chi connectivity index (χ2v) is 6.14. The van der Waals surface area contributed by atoms with E-state index in [0.717, 1.165) is 24.8 Å². The molecule has 19 heavy (non-hydrogen) atoms. The second kappa shape index (κ2) is 10.7. The molecule has 0 rings (SSSR count). The number of carbonyl (C=O) groups excluding carboxylic acids is 1. The van der Waals surface area contributed by atoms with E-state index < -0.39 is 14.4 Å². The first-order valence-electron chi connectivity index (χ1n) is 6.27. The number of phosphoric ester groups is 1. The first kappa shape index (κ1) is 18.9. The van der Waals surface area contributed by atoms with Gasteiger partial charge >= 0.3 is 7.82 Å². The van der Waals surface area contributed by atoms with Crippen molar-refractivity contribution in [1.29, 1.82) is 0 Å². The van der Waals surface area contributed by atoms with Gasteiger partial charge in [-0.2, -0.15) is 4.62 Å². The first-order valence-corrected chi connectivity index (χ1v) is 8.75. The minimum absolute atomic E-state index is 0.315. The van der Waals surface area contributed by atoms with Gasteiger partial charge in [-0.1, -0.05) is 32.7 Å². The Kier molecular flexibility index (Phi) is 10.6. The van der Waals surface area contributed by atoms with Crippen LogP contribution in [0.15, 0.2) is 0 Å². The lowest BCUT2D eigenvalue weighted by molar-refractivity contribution is -0.134. The third kappa shape index (κ3) is 9.43. The van der Waals surface area contributed by atoms with Gasteiger partial charge in [0.2, 0.25) is 5.91 Å². The molecular weight excluding hydrogens is 291 g/mol. The lowest BCUT2D eigenvalue weighted by Gasteiger charge is -2.21. The Balaban J connectivity index is 4.13. The Morgan fingerprint density at radius 3 is 2.37 bits per heavy atom. The van der Waals surface area contributed by atoms with Crippen molar-refractivity contribution in [3.63, 3.8) is 0 Å². The largest absolute Gasteiger partial charge is 0.490 e. The Morgan fingerprint density at radius 2 is 1.89 bits per heavy atom. The number of nitrogens with one attached hydrogen (secondary N) is 1. The summed E-state index contributed by atoms with van der Waals surface area (Å²) in [6, 6.07) is 0. The van der Waals surface area contributed by atoms with E-state index in [1.165, 1.54) is 0 Å². The summed E-state index contributed by atoms with van der Waals surface area (Å²) in [5.74, 6) is 0.351. The maximum absolute atomic E-state index is 11.8. The molecule has 0 spiro atoms. The lowest BCUT2D eigenvalue weighted by atomic mass is 10.3. The molecule has 114 valence electrons.